The maximum atomic E-state index is 5.66. The third kappa shape index (κ3) is 4.75. The number of morpholine rings is 1. The molecule has 1 saturated heterocycles. The van der Waals surface area contributed by atoms with E-state index >= 15 is 0 Å². The Balaban J connectivity index is 1.51. The molecule has 0 bridgehead atoms. The Kier molecular flexibility index (Phi) is 5.33. The van der Waals surface area contributed by atoms with Gasteiger partial charge in [0.25, 0.3) is 0 Å². The van der Waals surface area contributed by atoms with Crippen molar-refractivity contribution in [1.29, 1.82) is 0 Å². The molecule has 1 heterocycles. The van der Waals surface area contributed by atoms with Crippen LogP contribution in [0, 0.1) is 0 Å². The van der Waals surface area contributed by atoms with Crippen molar-refractivity contribution >= 4 is 0 Å². The van der Waals surface area contributed by atoms with E-state index in [1.807, 2.05) is 30.3 Å². The maximum Gasteiger partial charge on any atom is 0.119 e. The molecule has 1 aromatic rings. The van der Waals surface area contributed by atoms with Gasteiger partial charge in [0.1, 0.15) is 18.8 Å². The number of para-hydroxylation sites is 1. The first-order chi connectivity index (χ1) is 8.45. The van der Waals surface area contributed by atoms with Gasteiger partial charge in [0.2, 0.25) is 0 Å². The molecule has 1 fully saturated rings. The van der Waals surface area contributed by atoms with Crippen molar-refractivity contribution in [2.24, 2.45) is 0 Å². The van der Waals surface area contributed by atoms with Gasteiger partial charge in [-0.15, -0.1) is 0 Å². The largest absolute Gasteiger partial charge is 0.494 e. The van der Waals surface area contributed by atoms with Gasteiger partial charge in [0.05, 0.1) is 26.4 Å². The molecule has 0 atom stereocenters. The predicted molar refractivity (Wildman–Crippen MR) is 67.6 cm³/mol. The van der Waals surface area contributed by atoms with Gasteiger partial charge in [-0.3, -0.25) is 0 Å². The molecule has 0 saturated carbocycles. The van der Waals surface area contributed by atoms with Crippen LogP contribution in [0.3, 0.4) is 0 Å². The molecule has 94 valence electrons. The summed E-state index contributed by atoms with van der Waals surface area (Å²) >= 11 is 0. The third-order valence-electron chi connectivity index (χ3n) is 3.14. The SMILES string of the molecule is c1ccc(OCCCC[NH+]2CCOCC2)cc1. The Labute approximate surface area is 103 Å². The molecular weight excluding hydrogens is 214 g/mol. The normalized spacial score (nSPS) is 16.9. The number of rotatable bonds is 6. The van der Waals surface area contributed by atoms with Gasteiger partial charge in [-0.2, -0.15) is 0 Å². The second-order valence-corrected chi connectivity index (χ2v) is 4.48. The van der Waals surface area contributed by atoms with Crippen LogP contribution in [-0.2, 0) is 4.74 Å². The summed E-state index contributed by atoms with van der Waals surface area (Å²) in [5, 5.41) is 0. The van der Waals surface area contributed by atoms with E-state index in [-0.39, 0.29) is 0 Å². The fourth-order valence-corrected chi connectivity index (χ4v) is 2.09. The fraction of sp³-hybridized carbons (Fsp3) is 0.571. The molecule has 3 nitrogen and oxygen atoms in total. The van der Waals surface area contributed by atoms with Gasteiger partial charge in [-0.05, 0) is 25.0 Å². The van der Waals surface area contributed by atoms with Crippen LogP contribution in [-0.4, -0.2) is 39.5 Å². The highest BCUT2D eigenvalue weighted by Gasteiger charge is 2.12. The number of quaternary nitrogens is 1. The number of nitrogens with one attached hydrogen (secondary N) is 1. The van der Waals surface area contributed by atoms with Crippen LogP contribution < -0.4 is 9.64 Å². The molecule has 3 heteroatoms. The molecule has 0 radical (unpaired) electrons. The summed E-state index contributed by atoms with van der Waals surface area (Å²) in [5.41, 5.74) is 0. The number of benzene rings is 1. The zero-order valence-corrected chi connectivity index (χ0v) is 10.4. The van der Waals surface area contributed by atoms with Gasteiger partial charge in [0.15, 0.2) is 0 Å². The summed E-state index contributed by atoms with van der Waals surface area (Å²) in [7, 11) is 0. The van der Waals surface area contributed by atoms with Crippen molar-refractivity contribution in [3.8, 4) is 5.75 Å². The van der Waals surface area contributed by atoms with Crippen molar-refractivity contribution in [2.75, 3.05) is 39.5 Å². The van der Waals surface area contributed by atoms with E-state index in [2.05, 4.69) is 0 Å². The zero-order valence-electron chi connectivity index (χ0n) is 10.4. The Morgan fingerprint density at radius 3 is 2.59 bits per heavy atom. The highest BCUT2D eigenvalue weighted by molar-refractivity contribution is 5.20. The lowest BCUT2D eigenvalue weighted by molar-refractivity contribution is -0.908. The number of ether oxygens (including phenoxy) is 2. The lowest BCUT2D eigenvalue weighted by Crippen LogP contribution is -3.14. The van der Waals surface area contributed by atoms with E-state index in [0.717, 1.165) is 32.0 Å². The molecule has 0 spiro atoms. The molecule has 0 aliphatic carbocycles. The Bertz CT molecular complexity index is 296. The summed E-state index contributed by atoms with van der Waals surface area (Å²) < 4.78 is 11.0. The van der Waals surface area contributed by atoms with Crippen LogP contribution in [0.1, 0.15) is 12.8 Å². The highest BCUT2D eigenvalue weighted by Crippen LogP contribution is 2.08. The molecule has 17 heavy (non-hydrogen) atoms. The van der Waals surface area contributed by atoms with Gasteiger partial charge < -0.3 is 14.4 Å². The molecule has 1 aliphatic rings. The van der Waals surface area contributed by atoms with Gasteiger partial charge in [-0.1, -0.05) is 18.2 Å². The molecule has 0 aromatic heterocycles. The number of unbranched alkanes of at least 4 members (excludes halogenated alkanes) is 1. The minimum absolute atomic E-state index is 0.827. The monoisotopic (exact) mass is 236 g/mol. The molecule has 1 N–H and O–H groups in total. The molecule has 2 rings (SSSR count). The van der Waals surface area contributed by atoms with E-state index in [1.165, 1.54) is 26.1 Å². The van der Waals surface area contributed by atoms with Crippen molar-refractivity contribution in [3.63, 3.8) is 0 Å². The Hall–Kier alpha value is -1.06. The lowest BCUT2D eigenvalue weighted by Gasteiger charge is -2.23. The van der Waals surface area contributed by atoms with Crippen LogP contribution in [0.4, 0.5) is 0 Å². The first-order valence-electron chi connectivity index (χ1n) is 6.54. The third-order valence-corrected chi connectivity index (χ3v) is 3.14. The van der Waals surface area contributed by atoms with E-state index in [1.54, 1.807) is 4.90 Å². The first kappa shape index (κ1) is 12.4. The van der Waals surface area contributed by atoms with Crippen molar-refractivity contribution in [3.05, 3.63) is 30.3 Å². The van der Waals surface area contributed by atoms with Crippen molar-refractivity contribution in [2.45, 2.75) is 12.8 Å². The Morgan fingerprint density at radius 2 is 1.82 bits per heavy atom. The van der Waals surface area contributed by atoms with Crippen molar-refractivity contribution in [1.82, 2.24) is 0 Å². The minimum Gasteiger partial charge on any atom is -0.494 e. The molecular formula is C14H22NO2+. The minimum atomic E-state index is 0.827. The summed E-state index contributed by atoms with van der Waals surface area (Å²) in [6, 6.07) is 10.0. The lowest BCUT2D eigenvalue weighted by atomic mass is 10.3. The van der Waals surface area contributed by atoms with Gasteiger partial charge in [-0.25, -0.2) is 0 Å². The highest BCUT2D eigenvalue weighted by atomic mass is 16.5. The topological polar surface area (TPSA) is 22.9 Å². The van der Waals surface area contributed by atoms with Gasteiger partial charge in [0, 0.05) is 0 Å². The summed E-state index contributed by atoms with van der Waals surface area (Å²) in [6.45, 7) is 6.26. The second-order valence-electron chi connectivity index (χ2n) is 4.48. The summed E-state index contributed by atoms with van der Waals surface area (Å²) in [5.74, 6) is 0.978. The average Bonchev–Trinajstić information content (AvgIpc) is 2.41. The summed E-state index contributed by atoms with van der Waals surface area (Å²) in [4.78, 5) is 1.68. The molecule has 0 unspecified atom stereocenters. The van der Waals surface area contributed by atoms with Crippen LogP contribution in [0.25, 0.3) is 0 Å². The van der Waals surface area contributed by atoms with E-state index in [0.29, 0.717) is 0 Å². The number of hydrogen-bond donors (Lipinski definition) is 1. The van der Waals surface area contributed by atoms with E-state index < -0.39 is 0 Å². The van der Waals surface area contributed by atoms with Crippen molar-refractivity contribution < 1.29 is 14.4 Å². The van der Waals surface area contributed by atoms with Crippen LogP contribution >= 0.6 is 0 Å². The summed E-state index contributed by atoms with van der Waals surface area (Å²) in [6.07, 6.45) is 2.38. The van der Waals surface area contributed by atoms with Gasteiger partial charge >= 0.3 is 0 Å². The van der Waals surface area contributed by atoms with E-state index in [9.17, 15) is 0 Å². The van der Waals surface area contributed by atoms with Crippen LogP contribution in [0.5, 0.6) is 5.75 Å². The quantitative estimate of drug-likeness (QED) is 0.737. The van der Waals surface area contributed by atoms with Crippen LogP contribution in [0.2, 0.25) is 0 Å². The van der Waals surface area contributed by atoms with E-state index in [4.69, 9.17) is 9.47 Å². The molecule has 0 amide bonds. The molecule has 1 aromatic carbocycles. The Morgan fingerprint density at radius 1 is 1.06 bits per heavy atom. The maximum absolute atomic E-state index is 5.66. The average molecular weight is 236 g/mol. The standard InChI is InChI=1S/C14H21NO2/c1-2-6-14(7-3-1)17-11-5-4-8-15-9-12-16-13-10-15/h1-3,6-7H,4-5,8-13H2/p+1. The number of hydrogen-bond acceptors (Lipinski definition) is 2. The zero-order chi connectivity index (χ0) is 11.8. The van der Waals surface area contributed by atoms with Crippen LogP contribution in [0.15, 0.2) is 30.3 Å². The molecule has 1 aliphatic heterocycles. The smallest absolute Gasteiger partial charge is 0.119 e. The predicted octanol–water partition coefficient (Wildman–Crippen LogP) is 0.761. The first-order valence-corrected chi connectivity index (χ1v) is 6.54. The second kappa shape index (κ2) is 7.30. The fourth-order valence-electron chi connectivity index (χ4n) is 2.09.